The maximum atomic E-state index is 4.88. The fourth-order valence-electron chi connectivity index (χ4n) is 5.21. The van der Waals surface area contributed by atoms with E-state index in [9.17, 15) is 0 Å². The first-order chi connectivity index (χ1) is 17.8. The van der Waals surface area contributed by atoms with E-state index in [0.29, 0.717) is 0 Å². The number of para-hydroxylation sites is 2. The van der Waals surface area contributed by atoms with Crippen LogP contribution in [-0.4, -0.2) is 29.8 Å². The molecule has 0 bridgehead atoms. The van der Waals surface area contributed by atoms with Crippen LogP contribution in [0.3, 0.4) is 0 Å². The largest absolute Gasteiger partial charge is 0.351 e. The van der Waals surface area contributed by atoms with E-state index in [1.807, 2.05) is 18.5 Å². The van der Waals surface area contributed by atoms with Crippen LogP contribution in [0.4, 0.5) is 0 Å². The minimum atomic E-state index is 0.276. The van der Waals surface area contributed by atoms with Crippen LogP contribution in [0, 0.1) is 0 Å². The lowest BCUT2D eigenvalue weighted by atomic mass is 9.90. The molecule has 3 N–H and O–H groups in total. The molecule has 1 aliphatic carbocycles. The van der Waals surface area contributed by atoms with Gasteiger partial charge in [0.1, 0.15) is 5.82 Å². The number of H-pyrrole nitrogens is 2. The third-order valence-corrected chi connectivity index (χ3v) is 7.00. The summed E-state index contributed by atoms with van der Waals surface area (Å²) in [5.74, 6) is 0.999. The van der Waals surface area contributed by atoms with Crippen molar-refractivity contribution in [3.63, 3.8) is 0 Å². The Morgan fingerprint density at radius 3 is 2.67 bits per heavy atom. The Bertz CT molecular complexity index is 1370. The molecular formula is C29H31N7. The molecule has 0 saturated heterocycles. The van der Waals surface area contributed by atoms with Crippen LogP contribution in [0.5, 0.6) is 0 Å². The third-order valence-electron chi connectivity index (χ3n) is 7.00. The second-order valence-corrected chi connectivity index (χ2v) is 9.54. The molecule has 6 rings (SSSR count). The number of hydrogen-bond acceptors (Lipinski definition) is 5. The van der Waals surface area contributed by atoms with E-state index in [1.165, 1.54) is 28.8 Å². The standard InChI is InChI=1S/C29H31N7/c1-2-8-26-25(7-1)34-28(35-26)19-36(27-9-3-5-23-6-4-14-32-29(23)27)18-22-12-10-21(11-13-22)15-30-16-24-17-31-20-33-24/h1-2,4,6-8,10-14,17,20,27,30H,3,5,9,15-16,18-19H2,(H,31,33)(H,34,35). The van der Waals surface area contributed by atoms with Crippen molar-refractivity contribution in [3.05, 3.63) is 113 Å². The fraction of sp³-hybridized carbons (Fsp3) is 0.276. The minimum absolute atomic E-state index is 0.276. The van der Waals surface area contributed by atoms with Gasteiger partial charge >= 0.3 is 0 Å². The molecule has 5 aromatic rings. The smallest absolute Gasteiger partial charge is 0.121 e. The van der Waals surface area contributed by atoms with Gasteiger partial charge in [0.2, 0.25) is 0 Å². The summed E-state index contributed by atoms with van der Waals surface area (Å²) < 4.78 is 0. The highest BCUT2D eigenvalue weighted by molar-refractivity contribution is 5.74. The number of rotatable bonds is 9. The van der Waals surface area contributed by atoms with Gasteiger partial charge in [-0.1, -0.05) is 42.5 Å². The molecule has 182 valence electrons. The van der Waals surface area contributed by atoms with Crippen LogP contribution >= 0.6 is 0 Å². The molecule has 0 radical (unpaired) electrons. The first-order valence-corrected chi connectivity index (χ1v) is 12.7. The Kier molecular flexibility index (Phi) is 6.56. The maximum absolute atomic E-state index is 4.88. The Morgan fingerprint density at radius 2 is 1.81 bits per heavy atom. The molecule has 7 heteroatoms. The van der Waals surface area contributed by atoms with E-state index in [1.54, 1.807) is 6.33 Å². The number of nitrogens with zero attached hydrogens (tertiary/aromatic N) is 4. The molecule has 7 nitrogen and oxygen atoms in total. The number of hydrogen-bond donors (Lipinski definition) is 3. The SMILES string of the molecule is c1cnc2c(c1)CCCC2N(Cc1ccc(CNCc2c[nH]cn2)cc1)Cc1nc2ccccc2[nH]1. The van der Waals surface area contributed by atoms with Crippen molar-refractivity contribution in [1.29, 1.82) is 0 Å². The van der Waals surface area contributed by atoms with E-state index in [4.69, 9.17) is 9.97 Å². The predicted octanol–water partition coefficient (Wildman–Crippen LogP) is 5.05. The summed E-state index contributed by atoms with van der Waals surface area (Å²) in [6.45, 7) is 3.17. The molecule has 36 heavy (non-hydrogen) atoms. The van der Waals surface area contributed by atoms with Gasteiger partial charge in [-0.2, -0.15) is 0 Å². The molecule has 3 heterocycles. The van der Waals surface area contributed by atoms with Crippen molar-refractivity contribution in [2.75, 3.05) is 0 Å². The topological polar surface area (TPSA) is 85.5 Å². The zero-order valence-electron chi connectivity index (χ0n) is 20.3. The predicted molar refractivity (Wildman–Crippen MR) is 141 cm³/mol. The van der Waals surface area contributed by atoms with Crippen molar-refractivity contribution in [2.45, 2.75) is 51.5 Å². The Labute approximate surface area is 211 Å². The molecule has 1 unspecified atom stereocenters. The molecule has 1 aliphatic rings. The molecule has 2 aromatic carbocycles. The minimum Gasteiger partial charge on any atom is -0.351 e. The van der Waals surface area contributed by atoms with Crippen molar-refractivity contribution in [1.82, 2.24) is 35.1 Å². The van der Waals surface area contributed by atoms with Gasteiger partial charge in [0, 0.05) is 32.0 Å². The number of fused-ring (bicyclic) bond motifs is 2. The van der Waals surface area contributed by atoms with Crippen molar-refractivity contribution >= 4 is 11.0 Å². The monoisotopic (exact) mass is 477 g/mol. The lowest BCUT2D eigenvalue weighted by molar-refractivity contribution is 0.153. The Hall–Kier alpha value is -3.81. The molecule has 0 spiro atoms. The van der Waals surface area contributed by atoms with Crippen LogP contribution in [-0.2, 0) is 32.6 Å². The lowest BCUT2D eigenvalue weighted by Crippen LogP contribution is -2.31. The van der Waals surface area contributed by atoms with E-state index < -0.39 is 0 Å². The number of pyridine rings is 1. The maximum Gasteiger partial charge on any atom is 0.121 e. The zero-order chi connectivity index (χ0) is 24.2. The summed E-state index contributed by atoms with van der Waals surface area (Å²) in [6.07, 6.45) is 8.97. The van der Waals surface area contributed by atoms with E-state index in [2.05, 4.69) is 79.8 Å². The van der Waals surface area contributed by atoms with Crippen LogP contribution in [0.2, 0.25) is 0 Å². The van der Waals surface area contributed by atoms with E-state index in [0.717, 1.165) is 61.6 Å². The van der Waals surface area contributed by atoms with Gasteiger partial charge in [-0.25, -0.2) is 9.97 Å². The Balaban J connectivity index is 1.21. The summed E-state index contributed by atoms with van der Waals surface area (Å²) in [4.78, 5) is 23.0. The second kappa shape index (κ2) is 10.4. The number of benzene rings is 2. The first-order valence-electron chi connectivity index (χ1n) is 12.7. The van der Waals surface area contributed by atoms with E-state index in [-0.39, 0.29) is 6.04 Å². The molecule has 3 aromatic heterocycles. The average Bonchev–Trinajstić information content (AvgIpc) is 3.58. The average molecular weight is 478 g/mol. The van der Waals surface area contributed by atoms with Gasteiger partial charge in [-0.05, 0) is 54.2 Å². The molecule has 0 saturated carbocycles. The first kappa shape index (κ1) is 22.6. The summed E-state index contributed by atoms with van der Waals surface area (Å²) in [5, 5.41) is 3.46. The highest BCUT2D eigenvalue weighted by atomic mass is 15.2. The fourth-order valence-corrected chi connectivity index (χ4v) is 5.21. The number of nitrogens with one attached hydrogen (secondary N) is 3. The normalized spacial score (nSPS) is 15.4. The molecule has 1 atom stereocenters. The highest BCUT2D eigenvalue weighted by Gasteiger charge is 2.28. The quantitative estimate of drug-likeness (QED) is 0.277. The summed E-state index contributed by atoms with van der Waals surface area (Å²) >= 11 is 0. The van der Waals surface area contributed by atoms with Crippen LogP contribution in [0.25, 0.3) is 11.0 Å². The van der Waals surface area contributed by atoms with Crippen LogP contribution < -0.4 is 5.32 Å². The van der Waals surface area contributed by atoms with Gasteiger partial charge in [0.25, 0.3) is 0 Å². The van der Waals surface area contributed by atoms with Gasteiger partial charge in [-0.15, -0.1) is 0 Å². The molecular weight excluding hydrogens is 446 g/mol. The lowest BCUT2D eigenvalue weighted by Gasteiger charge is -2.34. The number of aromatic amines is 2. The summed E-state index contributed by atoms with van der Waals surface area (Å²) in [6, 6.07) is 21.8. The zero-order valence-corrected chi connectivity index (χ0v) is 20.3. The number of aromatic nitrogens is 5. The second-order valence-electron chi connectivity index (χ2n) is 9.54. The molecule has 0 aliphatic heterocycles. The van der Waals surface area contributed by atoms with Gasteiger partial charge < -0.3 is 15.3 Å². The molecule has 0 amide bonds. The summed E-state index contributed by atoms with van der Waals surface area (Å²) in [5.41, 5.74) is 8.28. The van der Waals surface area contributed by atoms with Crippen molar-refractivity contribution in [3.8, 4) is 0 Å². The van der Waals surface area contributed by atoms with Gasteiger partial charge in [-0.3, -0.25) is 9.88 Å². The number of imidazole rings is 2. The van der Waals surface area contributed by atoms with Crippen molar-refractivity contribution in [2.24, 2.45) is 0 Å². The summed E-state index contributed by atoms with van der Waals surface area (Å²) in [7, 11) is 0. The van der Waals surface area contributed by atoms with Gasteiger partial charge in [0.05, 0.1) is 41.3 Å². The Morgan fingerprint density at radius 1 is 0.917 bits per heavy atom. The van der Waals surface area contributed by atoms with Crippen molar-refractivity contribution < 1.29 is 0 Å². The van der Waals surface area contributed by atoms with Crippen LogP contribution in [0.1, 0.15) is 52.8 Å². The van der Waals surface area contributed by atoms with Gasteiger partial charge in [0.15, 0.2) is 0 Å². The third kappa shape index (κ3) is 5.08. The highest BCUT2D eigenvalue weighted by Crippen LogP contribution is 2.34. The molecule has 0 fully saturated rings. The van der Waals surface area contributed by atoms with E-state index >= 15 is 0 Å². The van der Waals surface area contributed by atoms with Crippen LogP contribution in [0.15, 0.2) is 79.4 Å². The number of aryl methyl sites for hydroxylation is 1.